The fourth-order valence-electron chi connectivity index (χ4n) is 4.57. The smallest absolute Gasteiger partial charge is 0.00125 e. The Bertz CT molecular complexity index is 238. The average Bonchev–Trinajstić information content (AvgIpc) is 2.23. The number of hydrogen-bond donors (Lipinski definition) is 1. The largest absolute Gasteiger partial charge is 0.316 e. The Kier molecular flexibility index (Phi) is 3.36. The maximum absolute atomic E-state index is 3.63. The van der Waals surface area contributed by atoms with Crippen LogP contribution in [0, 0.1) is 22.7 Å². The maximum atomic E-state index is 3.63. The minimum absolute atomic E-state index is 0.558. The van der Waals surface area contributed by atoms with E-state index in [1.54, 1.807) is 0 Å². The van der Waals surface area contributed by atoms with Crippen LogP contribution < -0.4 is 5.32 Å². The zero-order valence-corrected chi connectivity index (χ0v) is 11.6. The fourth-order valence-corrected chi connectivity index (χ4v) is 4.57. The van der Waals surface area contributed by atoms with Crippen molar-refractivity contribution in [3.8, 4) is 0 Å². The van der Waals surface area contributed by atoms with Gasteiger partial charge in [0.05, 0.1) is 0 Å². The molecular formula is C15H29N. The molecule has 1 spiro atoms. The van der Waals surface area contributed by atoms with Crippen LogP contribution in [0.3, 0.4) is 0 Å². The number of hydrogen-bond acceptors (Lipinski definition) is 1. The summed E-state index contributed by atoms with van der Waals surface area (Å²) in [4.78, 5) is 0. The summed E-state index contributed by atoms with van der Waals surface area (Å²) in [5.41, 5.74) is 1.19. The highest BCUT2D eigenvalue weighted by Crippen LogP contribution is 2.59. The van der Waals surface area contributed by atoms with Gasteiger partial charge in [-0.3, -0.25) is 0 Å². The molecule has 2 rings (SSSR count). The van der Waals surface area contributed by atoms with E-state index in [1.807, 2.05) is 0 Å². The molecule has 1 saturated heterocycles. The van der Waals surface area contributed by atoms with Crippen molar-refractivity contribution < 1.29 is 0 Å². The van der Waals surface area contributed by atoms with Crippen molar-refractivity contribution in [2.24, 2.45) is 22.7 Å². The number of rotatable bonds is 1. The molecule has 0 radical (unpaired) electrons. The van der Waals surface area contributed by atoms with Crippen molar-refractivity contribution in [2.75, 3.05) is 13.1 Å². The van der Waals surface area contributed by atoms with Crippen LogP contribution in [0.5, 0.6) is 0 Å². The molecule has 16 heavy (non-hydrogen) atoms. The summed E-state index contributed by atoms with van der Waals surface area (Å²) < 4.78 is 0. The lowest BCUT2D eigenvalue weighted by molar-refractivity contribution is -0.0773. The summed E-state index contributed by atoms with van der Waals surface area (Å²) in [6, 6.07) is 0. The molecule has 0 aromatic carbocycles. The SMILES string of the molecule is CC(C)C1CNCCC12CCCCC2(C)C. The third-order valence-electron chi connectivity index (χ3n) is 5.65. The summed E-state index contributed by atoms with van der Waals surface area (Å²) in [6.45, 7) is 12.4. The lowest BCUT2D eigenvalue weighted by Crippen LogP contribution is -2.55. The fraction of sp³-hybridized carbons (Fsp3) is 1.00. The quantitative estimate of drug-likeness (QED) is 0.712. The lowest BCUT2D eigenvalue weighted by Gasteiger charge is -2.58. The number of nitrogens with one attached hydrogen (secondary N) is 1. The predicted octanol–water partition coefficient (Wildman–Crippen LogP) is 3.84. The van der Waals surface area contributed by atoms with E-state index in [0.29, 0.717) is 10.8 Å². The van der Waals surface area contributed by atoms with Crippen LogP contribution in [-0.2, 0) is 0 Å². The van der Waals surface area contributed by atoms with Gasteiger partial charge in [-0.05, 0) is 55.0 Å². The molecule has 2 atom stereocenters. The Morgan fingerprint density at radius 1 is 1.06 bits per heavy atom. The minimum Gasteiger partial charge on any atom is -0.316 e. The number of piperidine rings is 1. The Balaban J connectivity index is 2.30. The highest BCUT2D eigenvalue weighted by Gasteiger charge is 2.52. The van der Waals surface area contributed by atoms with Gasteiger partial charge in [-0.25, -0.2) is 0 Å². The van der Waals surface area contributed by atoms with Gasteiger partial charge in [0.2, 0.25) is 0 Å². The molecule has 94 valence electrons. The first kappa shape index (κ1) is 12.4. The van der Waals surface area contributed by atoms with Crippen molar-refractivity contribution in [2.45, 2.75) is 59.8 Å². The highest BCUT2D eigenvalue weighted by molar-refractivity contribution is 5.03. The van der Waals surface area contributed by atoms with Gasteiger partial charge in [-0.2, -0.15) is 0 Å². The second kappa shape index (κ2) is 4.33. The van der Waals surface area contributed by atoms with E-state index < -0.39 is 0 Å². The first-order chi connectivity index (χ1) is 7.50. The van der Waals surface area contributed by atoms with E-state index in [1.165, 1.54) is 45.2 Å². The molecule has 1 N–H and O–H groups in total. The van der Waals surface area contributed by atoms with Crippen LogP contribution in [0.4, 0.5) is 0 Å². The van der Waals surface area contributed by atoms with E-state index in [4.69, 9.17) is 0 Å². The van der Waals surface area contributed by atoms with Crippen LogP contribution in [0.2, 0.25) is 0 Å². The van der Waals surface area contributed by atoms with Gasteiger partial charge in [0, 0.05) is 0 Å². The summed E-state index contributed by atoms with van der Waals surface area (Å²) in [5, 5.41) is 3.63. The Hall–Kier alpha value is -0.0400. The monoisotopic (exact) mass is 223 g/mol. The van der Waals surface area contributed by atoms with E-state index >= 15 is 0 Å². The predicted molar refractivity (Wildman–Crippen MR) is 70.5 cm³/mol. The third kappa shape index (κ3) is 1.81. The van der Waals surface area contributed by atoms with Gasteiger partial charge in [0.25, 0.3) is 0 Å². The Labute approximate surface area is 101 Å². The molecule has 2 aliphatic rings. The van der Waals surface area contributed by atoms with Crippen molar-refractivity contribution in [3.05, 3.63) is 0 Å². The second-order valence-electron chi connectivity index (χ2n) is 7.05. The molecular weight excluding hydrogens is 194 g/mol. The van der Waals surface area contributed by atoms with Gasteiger partial charge in [-0.15, -0.1) is 0 Å². The topological polar surface area (TPSA) is 12.0 Å². The molecule has 1 saturated carbocycles. The summed E-state index contributed by atoms with van der Waals surface area (Å²) in [7, 11) is 0. The second-order valence-corrected chi connectivity index (χ2v) is 7.05. The molecule has 2 unspecified atom stereocenters. The zero-order chi connectivity index (χ0) is 11.8. The molecule has 1 heteroatoms. The van der Waals surface area contributed by atoms with Crippen molar-refractivity contribution >= 4 is 0 Å². The van der Waals surface area contributed by atoms with Crippen molar-refractivity contribution in [1.82, 2.24) is 5.32 Å². The molecule has 2 fully saturated rings. The average molecular weight is 223 g/mol. The Morgan fingerprint density at radius 3 is 2.38 bits per heavy atom. The Morgan fingerprint density at radius 2 is 1.75 bits per heavy atom. The molecule has 1 nitrogen and oxygen atoms in total. The first-order valence-electron chi connectivity index (χ1n) is 7.20. The van der Waals surface area contributed by atoms with Crippen molar-refractivity contribution in [1.29, 1.82) is 0 Å². The van der Waals surface area contributed by atoms with Crippen LogP contribution in [0.1, 0.15) is 59.8 Å². The van der Waals surface area contributed by atoms with Gasteiger partial charge < -0.3 is 5.32 Å². The van der Waals surface area contributed by atoms with E-state index in [9.17, 15) is 0 Å². The van der Waals surface area contributed by atoms with Crippen molar-refractivity contribution in [3.63, 3.8) is 0 Å². The molecule has 0 bridgehead atoms. The van der Waals surface area contributed by atoms with Gasteiger partial charge in [-0.1, -0.05) is 40.5 Å². The maximum Gasteiger partial charge on any atom is -0.00125 e. The van der Waals surface area contributed by atoms with E-state index in [-0.39, 0.29) is 0 Å². The van der Waals surface area contributed by atoms with Crippen LogP contribution in [0.25, 0.3) is 0 Å². The summed E-state index contributed by atoms with van der Waals surface area (Å²) in [6.07, 6.45) is 7.24. The van der Waals surface area contributed by atoms with Gasteiger partial charge in [0.15, 0.2) is 0 Å². The normalized spacial score (nSPS) is 39.2. The van der Waals surface area contributed by atoms with E-state index in [0.717, 1.165) is 11.8 Å². The highest BCUT2D eigenvalue weighted by atomic mass is 14.9. The molecule has 0 amide bonds. The molecule has 1 aliphatic heterocycles. The standard InChI is InChI=1S/C15H29N/c1-12(2)13-11-16-10-9-15(13)8-6-5-7-14(15,3)4/h12-13,16H,5-11H2,1-4H3. The molecule has 1 aliphatic carbocycles. The first-order valence-corrected chi connectivity index (χ1v) is 7.20. The summed E-state index contributed by atoms with van der Waals surface area (Å²) in [5.74, 6) is 1.71. The van der Waals surface area contributed by atoms with Crippen LogP contribution in [0.15, 0.2) is 0 Å². The lowest BCUT2D eigenvalue weighted by atomic mass is 9.48. The van der Waals surface area contributed by atoms with Crippen LogP contribution >= 0.6 is 0 Å². The minimum atomic E-state index is 0.558. The zero-order valence-electron chi connectivity index (χ0n) is 11.6. The molecule has 0 aromatic rings. The van der Waals surface area contributed by atoms with Crippen LogP contribution in [-0.4, -0.2) is 13.1 Å². The summed E-state index contributed by atoms with van der Waals surface area (Å²) >= 11 is 0. The van der Waals surface area contributed by atoms with Gasteiger partial charge >= 0.3 is 0 Å². The third-order valence-corrected chi connectivity index (χ3v) is 5.65. The molecule has 1 heterocycles. The van der Waals surface area contributed by atoms with Gasteiger partial charge in [0.1, 0.15) is 0 Å². The van der Waals surface area contributed by atoms with E-state index in [2.05, 4.69) is 33.0 Å². The molecule has 0 aromatic heterocycles.